The molecule has 17 heavy (non-hydrogen) atoms. The summed E-state index contributed by atoms with van der Waals surface area (Å²) in [5.41, 5.74) is 6.08. The molecule has 0 unspecified atom stereocenters. The molecule has 4 nitrogen and oxygen atoms in total. The molecule has 4 heteroatoms. The zero-order valence-electron chi connectivity index (χ0n) is 9.38. The van der Waals surface area contributed by atoms with E-state index in [2.05, 4.69) is 4.98 Å². The maximum absolute atomic E-state index is 11.1. The van der Waals surface area contributed by atoms with E-state index in [-0.39, 0.29) is 5.69 Å². The second-order valence-electron chi connectivity index (χ2n) is 3.61. The number of ether oxygens (including phenoxy) is 1. The molecule has 0 aliphatic heterocycles. The number of nitrogens with zero attached hydrogens (tertiary/aromatic N) is 1. The fourth-order valence-corrected chi connectivity index (χ4v) is 1.45. The van der Waals surface area contributed by atoms with Crippen molar-refractivity contribution in [3.05, 3.63) is 53.9 Å². The average Bonchev–Trinajstić information content (AvgIpc) is 2.29. The van der Waals surface area contributed by atoms with Crippen LogP contribution >= 0.6 is 0 Å². The lowest BCUT2D eigenvalue weighted by atomic mass is 10.3. The van der Waals surface area contributed by atoms with Crippen LogP contribution in [0.25, 0.3) is 0 Å². The third-order valence-corrected chi connectivity index (χ3v) is 2.16. The number of rotatable bonds is 3. The number of aromatic nitrogens is 1. The summed E-state index contributed by atoms with van der Waals surface area (Å²) in [4.78, 5) is 15.1. The van der Waals surface area contributed by atoms with E-state index in [4.69, 9.17) is 10.5 Å². The van der Waals surface area contributed by atoms with Crippen molar-refractivity contribution in [1.82, 2.24) is 4.98 Å². The number of benzene rings is 1. The minimum Gasteiger partial charge on any atom is -0.457 e. The van der Waals surface area contributed by atoms with Crippen LogP contribution in [-0.2, 0) is 0 Å². The summed E-state index contributed by atoms with van der Waals surface area (Å²) in [6, 6.07) is 12.6. The topological polar surface area (TPSA) is 65.2 Å². The number of amides is 1. The fraction of sp³-hybridized carbons (Fsp3) is 0.0769. The molecule has 0 aliphatic carbocycles. The highest BCUT2D eigenvalue weighted by Gasteiger charge is 2.06. The predicted molar refractivity (Wildman–Crippen MR) is 64.0 cm³/mol. The van der Waals surface area contributed by atoms with Gasteiger partial charge in [-0.05, 0) is 19.1 Å². The summed E-state index contributed by atoms with van der Waals surface area (Å²) in [6.07, 6.45) is 0. The van der Waals surface area contributed by atoms with Gasteiger partial charge < -0.3 is 10.5 Å². The number of para-hydroxylation sites is 1. The Kier molecular flexibility index (Phi) is 3.05. The monoisotopic (exact) mass is 228 g/mol. The number of pyridine rings is 1. The molecule has 0 saturated carbocycles. The van der Waals surface area contributed by atoms with Crippen molar-refractivity contribution in [3.8, 4) is 11.5 Å². The molecule has 0 fully saturated rings. The first-order valence-corrected chi connectivity index (χ1v) is 5.16. The lowest BCUT2D eigenvalue weighted by Gasteiger charge is -2.07. The van der Waals surface area contributed by atoms with Crippen LogP contribution in [0.3, 0.4) is 0 Å². The van der Waals surface area contributed by atoms with Gasteiger partial charge in [0.15, 0.2) is 0 Å². The Balaban J connectivity index is 2.30. The van der Waals surface area contributed by atoms with E-state index in [1.165, 1.54) is 6.07 Å². The lowest BCUT2D eigenvalue weighted by Crippen LogP contribution is -2.13. The molecule has 0 spiro atoms. The van der Waals surface area contributed by atoms with Gasteiger partial charge in [-0.3, -0.25) is 4.79 Å². The molecule has 0 radical (unpaired) electrons. The second-order valence-corrected chi connectivity index (χ2v) is 3.61. The molecule has 2 aromatic rings. The first-order chi connectivity index (χ1) is 8.15. The Morgan fingerprint density at radius 1 is 1.18 bits per heavy atom. The lowest BCUT2D eigenvalue weighted by molar-refractivity contribution is 0.0995. The molecule has 1 heterocycles. The Hall–Kier alpha value is -2.36. The minimum absolute atomic E-state index is 0.205. The van der Waals surface area contributed by atoms with Crippen LogP contribution in [-0.4, -0.2) is 10.9 Å². The van der Waals surface area contributed by atoms with Crippen molar-refractivity contribution in [3.63, 3.8) is 0 Å². The molecular weight excluding hydrogens is 216 g/mol. The molecule has 0 bridgehead atoms. The van der Waals surface area contributed by atoms with Crippen LogP contribution in [0.1, 0.15) is 16.2 Å². The molecule has 0 atom stereocenters. The predicted octanol–water partition coefficient (Wildman–Crippen LogP) is 2.28. The highest BCUT2D eigenvalue weighted by atomic mass is 16.5. The van der Waals surface area contributed by atoms with Gasteiger partial charge in [0.05, 0.1) is 0 Å². The number of primary amides is 1. The van der Waals surface area contributed by atoms with Gasteiger partial charge in [-0.1, -0.05) is 18.2 Å². The third-order valence-electron chi connectivity index (χ3n) is 2.16. The first-order valence-electron chi connectivity index (χ1n) is 5.16. The van der Waals surface area contributed by atoms with Crippen molar-refractivity contribution in [2.45, 2.75) is 6.92 Å². The molecule has 1 aromatic carbocycles. The highest BCUT2D eigenvalue weighted by molar-refractivity contribution is 5.91. The van der Waals surface area contributed by atoms with Gasteiger partial charge in [-0.25, -0.2) is 4.98 Å². The number of aryl methyl sites for hydroxylation is 1. The quantitative estimate of drug-likeness (QED) is 0.876. The summed E-state index contributed by atoms with van der Waals surface area (Å²) in [7, 11) is 0. The number of nitrogens with two attached hydrogens (primary N) is 1. The van der Waals surface area contributed by atoms with E-state index < -0.39 is 5.91 Å². The van der Waals surface area contributed by atoms with E-state index in [9.17, 15) is 4.79 Å². The molecule has 2 N–H and O–H groups in total. The Labute approximate surface area is 99.1 Å². The fourth-order valence-electron chi connectivity index (χ4n) is 1.45. The van der Waals surface area contributed by atoms with Crippen molar-refractivity contribution < 1.29 is 9.53 Å². The normalized spacial score (nSPS) is 9.94. The second kappa shape index (κ2) is 4.65. The van der Waals surface area contributed by atoms with Gasteiger partial charge in [0.25, 0.3) is 5.91 Å². The molecule has 1 amide bonds. The molecule has 2 rings (SSSR count). The molecule has 1 aromatic heterocycles. The minimum atomic E-state index is -0.563. The third kappa shape index (κ3) is 2.81. The first kappa shape index (κ1) is 11.1. The van der Waals surface area contributed by atoms with Crippen LogP contribution in [0.5, 0.6) is 11.5 Å². The van der Waals surface area contributed by atoms with Crippen LogP contribution in [0.15, 0.2) is 42.5 Å². The van der Waals surface area contributed by atoms with E-state index in [0.717, 1.165) is 0 Å². The number of carbonyl (C=O) groups is 1. The summed E-state index contributed by atoms with van der Waals surface area (Å²) in [6.45, 7) is 1.78. The molecule has 0 saturated heterocycles. The van der Waals surface area contributed by atoms with Crippen molar-refractivity contribution >= 4 is 5.91 Å². The van der Waals surface area contributed by atoms with Crippen LogP contribution in [0.2, 0.25) is 0 Å². The standard InChI is InChI=1S/C13H12N2O2/c1-9-7-11(8-12(15-9)13(14)16)17-10-5-3-2-4-6-10/h2-8H,1H3,(H2,14,16). The van der Waals surface area contributed by atoms with E-state index in [1.54, 1.807) is 13.0 Å². The number of hydrogen-bond acceptors (Lipinski definition) is 3. The summed E-state index contributed by atoms with van der Waals surface area (Å²) in [5.74, 6) is 0.692. The van der Waals surface area contributed by atoms with Crippen molar-refractivity contribution in [2.24, 2.45) is 5.73 Å². The van der Waals surface area contributed by atoms with E-state index in [1.807, 2.05) is 30.3 Å². The maximum atomic E-state index is 11.1. The molecule has 0 aliphatic rings. The van der Waals surface area contributed by atoms with E-state index >= 15 is 0 Å². The maximum Gasteiger partial charge on any atom is 0.267 e. The van der Waals surface area contributed by atoms with Crippen LogP contribution in [0.4, 0.5) is 0 Å². The SMILES string of the molecule is Cc1cc(Oc2ccccc2)cc(C(N)=O)n1. The van der Waals surface area contributed by atoms with Crippen LogP contribution < -0.4 is 10.5 Å². The Morgan fingerprint density at radius 2 is 1.88 bits per heavy atom. The molecule has 86 valence electrons. The number of hydrogen-bond donors (Lipinski definition) is 1. The van der Waals surface area contributed by atoms with Gasteiger partial charge in [0.1, 0.15) is 17.2 Å². The van der Waals surface area contributed by atoms with Crippen LogP contribution in [0, 0.1) is 6.92 Å². The van der Waals surface area contributed by atoms with E-state index in [0.29, 0.717) is 17.2 Å². The van der Waals surface area contributed by atoms with Crippen molar-refractivity contribution in [1.29, 1.82) is 0 Å². The summed E-state index contributed by atoms with van der Waals surface area (Å²) >= 11 is 0. The zero-order valence-corrected chi connectivity index (χ0v) is 9.38. The average molecular weight is 228 g/mol. The number of carbonyl (C=O) groups excluding carboxylic acids is 1. The van der Waals surface area contributed by atoms with Gasteiger partial charge in [0.2, 0.25) is 0 Å². The zero-order chi connectivity index (χ0) is 12.3. The van der Waals surface area contributed by atoms with Gasteiger partial charge >= 0.3 is 0 Å². The molecular formula is C13H12N2O2. The summed E-state index contributed by atoms with van der Waals surface area (Å²) in [5, 5.41) is 0. The highest BCUT2D eigenvalue weighted by Crippen LogP contribution is 2.21. The largest absolute Gasteiger partial charge is 0.457 e. The van der Waals surface area contributed by atoms with Crippen molar-refractivity contribution in [2.75, 3.05) is 0 Å². The van der Waals surface area contributed by atoms with Gasteiger partial charge in [-0.2, -0.15) is 0 Å². The van der Waals surface area contributed by atoms with Gasteiger partial charge in [0, 0.05) is 17.8 Å². The Morgan fingerprint density at radius 3 is 2.53 bits per heavy atom. The summed E-state index contributed by atoms with van der Waals surface area (Å²) < 4.78 is 5.60. The smallest absolute Gasteiger partial charge is 0.267 e. The van der Waals surface area contributed by atoms with Gasteiger partial charge in [-0.15, -0.1) is 0 Å². The Bertz CT molecular complexity index is 538.